The van der Waals surface area contributed by atoms with Crippen LogP contribution < -0.4 is 4.74 Å². The highest BCUT2D eigenvalue weighted by molar-refractivity contribution is 9.09. The van der Waals surface area contributed by atoms with Crippen LogP contribution in [0, 0.1) is 17.5 Å². The van der Waals surface area contributed by atoms with Crippen LogP contribution in [0.15, 0.2) is 36.4 Å². The fourth-order valence-corrected chi connectivity index (χ4v) is 2.75. The van der Waals surface area contributed by atoms with E-state index in [-0.39, 0.29) is 5.56 Å². The van der Waals surface area contributed by atoms with Gasteiger partial charge in [0.1, 0.15) is 23.2 Å². The van der Waals surface area contributed by atoms with Crippen LogP contribution in [-0.2, 0) is 6.42 Å². The Morgan fingerprint density at radius 1 is 1.05 bits per heavy atom. The summed E-state index contributed by atoms with van der Waals surface area (Å²) in [5.41, 5.74) is 0.896. The molecule has 1 nitrogen and oxygen atoms in total. The van der Waals surface area contributed by atoms with Crippen LogP contribution in [0.1, 0.15) is 22.4 Å². The van der Waals surface area contributed by atoms with Gasteiger partial charge in [0, 0.05) is 22.5 Å². The Kier molecular flexibility index (Phi) is 5.28. The molecule has 2 rings (SSSR count). The zero-order chi connectivity index (χ0) is 15.4. The highest BCUT2D eigenvalue weighted by Gasteiger charge is 2.19. The van der Waals surface area contributed by atoms with Crippen LogP contribution in [0.2, 0.25) is 0 Å². The maximum absolute atomic E-state index is 13.7. The van der Waals surface area contributed by atoms with Gasteiger partial charge in [0.25, 0.3) is 0 Å². The van der Waals surface area contributed by atoms with Gasteiger partial charge in [-0.1, -0.05) is 28.1 Å². The number of ether oxygens (including phenoxy) is 1. The highest BCUT2D eigenvalue weighted by atomic mass is 79.9. The van der Waals surface area contributed by atoms with Gasteiger partial charge < -0.3 is 4.74 Å². The Labute approximate surface area is 129 Å². The van der Waals surface area contributed by atoms with Crippen molar-refractivity contribution in [3.8, 4) is 5.75 Å². The van der Waals surface area contributed by atoms with Crippen molar-refractivity contribution in [1.82, 2.24) is 0 Å². The molecule has 0 amide bonds. The Morgan fingerprint density at radius 3 is 2.14 bits per heavy atom. The molecule has 2 aromatic carbocycles. The molecule has 0 aliphatic rings. The summed E-state index contributed by atoms with van der Waals surface area (Å²) in [5.74, 6) is -1.90. The lowest BCUT2D eigenvalue weighted by Crippen LogP contribution is -2.02. The molecule has 112 valence electrons. The normalized spacial score (nSPS) is 12.2. The zero-order valence-corrected chi connectivity index (χ0v) is 13.0. The molecule has 21 heavy (non-hydrogen) atoms. The molecule has 2 aromatic rings. The molecule has 0 heterocycles. The standard InChI is InChI=1S/C16H14BrF3O/c1-21-12-5-2-10(3-6-12)4-7-13(17)16-14(19)8-11(18)9-15(16)20/h2-3,5-6,8-9,13H,4,7H2,1H3. The van der Waals surface area contributed by atoms with E-state index in [1.807, 2.05) is 24.3 Å². The lowest BCUT2D eigenvalue weighted by Gasteiger charge is -2.12. The highest BCUT2D eigenvalue weighted by Crippen LogP contribution is 2.32. The molecule has 0 fully saturated rings. The van der Waals surface area contributed by atoms with Gasteiger partial charge in [-0.05, 0) is 30.5 Å². The Hall–Kier alpha value is -1.49. The van der Waals surface area contributed by atoms with Gasteiger partial charge in [0.15, 0.2) is 0 Å². The number of alkyl halides is 1. The predicted octanol–water partition coefficient (Wildman–Crippen LogP) is 5.18. The molecular weight excluding hydrogens is 345 g/mol. The van der Waals surface area contributed by atoms with Gasteiger partial charge in [-0.15, -0.1) is 0 Å². The first-order valence-electron chi connectivity index (χ1n) is 6.42. The quantitative estimate of drug-likeness (QED) is 0.669. The summed E-state index contributed by atoms with van der Waals surface area (Å²) in [7, 11) is 1.59. The van der Waals surface area contributed by atoms with E-state index in [1.54, 1.807) is 7.11 Å². The Bertz CT molecular complexity index is 590. The molecular formula is C16H14BrF3O. The van der Waals surface area contributed by atoms with Crippen molar-refractivity contribution in [2.24, 2.45) is 0 Å². The van der Waals surface area contributed by atoms with Gasteiger partial charge in [-0.3, -0.25) is 0 Å². The van der Waals surface area contributed by atoms with Gasteiger partial charge in [0.2, 0.25) is 0 Å². The minimum atomic E-state index is -0.913. The number of benzene rings is 2. The SMILES string of the molecule is COc1ccc(CCC(Br)c2c(F)cc(F)cc2F)cc1. The summed E-state index contributed by atoms with van der Waals surface area (Å²) in [6.45, 7) is 0. The van der Waals surface area contributed by atoms with Crippen molar-refractivity contribution in [3.63, 3.8) is 0 Å². The fraction of sp³-hybridized carbons (Fsp3) is 0.250. The molecule has 0 N–H and O–H groups in total. The minimum absolute atomic E-state index is 0.134. The van der Waals surface area contributed by atoms with Crippen molar-refractivity contribution in [1.29, 1.82) is 0 Å². The second-order valence-corrected chi connectivity index (χ2v) is 5.74. The van der Waals surface area contributed by atoms with Crippen LogP contribution in [0.25, 0.3) is 0 Å². The molecule has 5 heteroatoms. The van der Waals surface area contributed by atoms with Crippen molar-refractivity contribution >= 4 is 15.9 Å². The Balaban J connectivity index is 2.06. The summed E-state index contributed by atoms with van der Waals surface area (Å²) in [5, 5.41) is 0. The third kappa shape index (κ3) is 4.00. The predicted molar refractivity (Wildman–Crippen MR) is 79.3 cm³/mol. The molecule has 0 bridgehead atoms. The van der Waals surface area contributed by atoms with Gasteiger partial charge in [-0.25, -0.2) is 13.2 Å². The van der Waals surface area contributed by atoms with Crippen molar-refractivity contribution in [2.45, 2.75) is 17.7 Å². The van der Waals surface area contributed by atoms with E-state index in [4.69, 9.17) is 4.74 Å². The van der Waals surface area contributed by atoms with Crippen LogP contribution in [0.3, 0.4) is 0 Å². The molecule has 0 saturated carbocycles. The van der Waals surface area contributed by atoms with Crippen molar-refractivity contribution in [3.05, 3.63) is 65.0 Å². The summed E-state index contributed by atoms with van der Waals surface area (Å²) >= 11 is 3.27. The number of rotatable bonds is 5. The second kappa shape index (κ2) is 6.98. The number of hydrogen-bond acceptors (Lipinski definition) is 1. The number of methoxy groups -OCH3 is 1. The van der Waals surface area contributed by atoms with E-state index < -0.39 is 22.3 Å². The molecule has 0 aromatic heterocycles. The van der Waals surface area contributed by atoms with Crippen molar-refractivity contribution in [2.75, 3.05) is 7.11 Å². The van der Waals surface area contributed by atoms with Crippen LogP contribution in [-0.4, -0.2) is 7.11 Å². The van der Waals surface area contributed by atoms with Gasteiger partial charge in [0.05, 0.1) is 7.11 Å². The van der Waals surface area contributed by atoms with E-state index >= 15 is 0 Å². The third-order valence-electron chi connectivity index (χ3n) is 3.20. The average Bonchev–Trinajstić information content (AvgIpc) is 2.44. The third-order valence-corrected chi connectivity index (χ3v) is 4.12. The average molecular weight is 359 g/mol. The molecule has 0 aliphatic carbocycles. The zero-order valence-electron chi connectivity index (χ0n) is 11.4. The summed E-state index contributed by atoms with van der Waals surface area (Å²) in [4.78, 5) is -0.514. The topological polar surface area (TPSA) is 9.23 Å². The smallest absolute Gasteiger partial charge is 0.133 e. The van der Waals surface area contributed by atoms with Crippen LogP contribution >= 0.6 is 15.9 Å². The molecule has 0 spiro atoms. The Morgan fingerprint density at radius 2 is 1.62 bits per heavy atom. The monoisotopic (exact) mass is 358 g/mol. The number of hydrogen-bond donors (Lipinski definition) is 0. The maximum Gasteiger partial charge on any atom is 0.133 e. The maximum atomic E-state index is 13.7. The molecule has 1 atom stereocenters. The first kappa shape index (κ1) is 15.9. The van der Waals surface area contributed by atoms with E-state index in [0.717, 1.165) is 11.3 Å². The fourth-order valence-electron chi connectivity index (χ4n) is 2.08. The summed E-state index contributed by atoms with van der Waals surface area (Å²) < 4.78 is 45.3. The lowest BCUT2D eigenvalue weighted by molar-refractivity contribution is 0.414. The van der Waals surface area contributed by atoms with Crippen LogP contribution in [0.4, 0.5) is 13.2 Å². The van der Waals surface area contributed by atoms with Gasteiger partial charge in [-0.2, -0.15) is 0 Å². The number of aryl methyl sites for hydroxylation is 1. The largest absolute Gasteiger partial charge is 0.497 e. The van der Waals surface area contributed by atoms with E-state index in [1.165, 1.54) is 0 Å². The molecule has 0 radical (unpaired) electrons. The van der Waals surface area contributed by atoms with E-state index in [0.29, 0.717) is 25.0 Å². The van der Waals surface area contributed by atoms with E-state index in [9.17, 15) is 13.2 Å². The van der Waals surface area contributed by atoms with E-state index in [2.05, 4.69) is 15.9 Å². The molecule has 1 unspecified atom stereocenters. The van der Waals surface area contributed by atoms with Gasteiger partial charge >= 0.3 is 0 Å². The minimum Gasteiger partial charge on any atom is -0.497 e. The molecule has 0 saturated heterocycles. The second-order valence-electron chi connectivity index (χ2n) is 4.64. The summed E-state index contributed by atoms with van der Waals surface area (Å²) in [6.07, 6.45) is 1.13. The lowest BCUT2D eigenvalue weighted by atomic mass is 10.0. The first-order chi connectivity index (χ1) is 10.0. The summed E-state index contributed by atoms with van der Waals surface area (Å²) in [6, 6.07) is 8.85. The van der Waals surface area contributed by atoms with Crippen LogP contribution in [0.5, 0.6) is 5.75 Å². The molecule has 0 aliphatic heterocycles. The number of halogens is 4. The van der Waals surface area contributed by atoms with Crippen molar-refractivity contribution < 1.29 is 17.9 Å². The first-order valence-corrected chi connectivity index (χ1v) is 7.34.